The molecule has 0 aliphatic carbocycles. The van der Waals surface area contributed by atoms with Crippen molar-refractivity contribution in [1.29, 1.82) is 0 Å². The van der Waals surface area contributed by atoms with Crippen molar-refractivity contribution in [2.45, 2.75) is 19.6 Å². The summed E-state index contributed by atoms with van der Waals surface area (Å²) in [6.07, 6.45) is 0. The number of anilines is 1. The quantitative estimate of drug-likeness (QED) is 0.642. The van der Waals surface area contributed by atoms with Crippen molar-refractivity contribution in [3.8, 4) is 17.2 Å². The van der Waals surface area contributed by atoms with Crippen LogP contribution < -0.4 is 15.2 Å². The molecule has 2 N–H and O–H groups in total. The number of fused-ring (bicyclic) bond motifs is 1. The predicted molar refractivity (Wildman–Crippen MR) is 85.2 cm³/mol. The highest BCUT2D eigenvalue weighted by Gasteiger charge is 2.36. The van der Waals surface area contributed by atoms with Gasteiger partial charge in [0.05, 0.1) is 5.69 Å². The summed E-state index contributed by atoms with van der Waals surface area (Å²) in [5.74, 6) is -0.271. The van der Waals surface area contributed by atoms with Gasteiger partial charge in [0.15, 0.2) is 0 Å². The van der Waals surface area contributed by atoms with E-state index in [2.05, 4.69) is 15.9 Å². The van der Waals surface area contributed by atoms with Crippen LogP contribution in [0.3, 0.4) is 0 Å². The minimum Gasteiger partial charge on any atom is -0.454 e. The van der Waals surface area contributed by atoms with Gasteiger partial charge in [0.2, 0.25) is 5.79 Å². The van der Waals surface area contributed by atoms with Crippen molar-refractivity contribution >= 4 is 27.6 Å². The Bertz CT molecular complexity index is 758. The topological polar surface area (TPSA) is 70.8 Å². The highest BCUT2D eigenvalue weighted by Crippen LogP contribution is 2.39. The van der Waals surface area contributed by atoms with Gasteiger partial charge in [0.25, 0.3) is 0 Å². The molecular weight excluding hydrogens is 350 g/mol. The molecule has 0 amide bonds. The van der Waals surface area contributed by atoms with Gasteiger partial charge in [-0.05, 0) is 30.3 Å². The van der Waals surface area contributed by atoms with Crippen LogP contribution in [0.25, 0.3) is 0 Å². The van der Waals surface area contributed by atoms with Gasteiger partial charge >= 0.3 is 5.97 Å². The number of nitrogen functional groups attached to an aromatic ring is 1. The molecule has 0 saturated heterocycles. The Labute approximate surface area is 136 Å². The number of rotatable bonds is 2. The summed E-state index contributed by atoms with van der Waals surface area (Å²) in [4.78, 5) is 12.2. The van der Waals surface area contributed by atoms with Crippen molar-refractivity contribution in [2.24, 2.45) is 0 Å². The van der Waals surface area contributed by atoms with Crippen molar-refractivity contribution in [3.63, 3.8) is 0 Å². The SMILES string of the molecule is CC1(C)OC(=O)c2c(Oc3ccc(Br)cc3N)cccc2O1. The van der Waals surface area contributed by atoms with E-state index < -0.39 is 11.8 Å². The van der Waals surface area contributed by atoms with E-state index in [0.29, 0.717) is 22.9 Å². The highest BCUT2D eigenvalue weighted by atomic mass is 79.9. The van der Waals surface area contributed by atoms with Crippen LogP contribution in [0.5, 0.6) is 17.2 Å². The summed E-state index contributed by atoms with van der Waals surface area (Å²) in [6.45, 7) is 3.35. The summed E-state index contributed by atoms with van der Waals surface area (Å²) in [5, 5.41) is 0. The second-order valence-electron chi connectivity index (χ2n) is 5.30. The number of carbonyl (C=O) groups is 1. The second kappa shape index (κ2) is 5.21. The van der Waals surface area contributed by atoms with Crippen molar-refractivity contribution in [3.05, 3.63) is 46.4 Å². The molecule has 1 aliphatic rings. The lowest BCUT2D eigenvalue weighted by molar-refractivity contribution is -0.127. The molecule has 2 aromatic rings. The first-order chi connectivity index (χ1) is 10.4. The van der Waals surface area contributed by atoms with Crippen LogP contribution in [-0.2, 0) is 4.74 Å². The van der Waals surface area contributed by atoms with Gasteiger partial charge in [0.1, 0.15) is 22.8 Å². The molecule has 0 radical (unpaired) electrons. The molecule has 1 heterocycles. The molecule has 6 heteroatoms. The number of esters is 1. The van der Waals surface area contributed by atoms with Crippen LogP contribution in [-0.4, -0.2) is 11.8 Å². The number of carbonyl (C=O) groups excluding carboxylic acids is 1. The summed E-state index contributed by atoms with van der Waals surface area (Å²) in [5.41, 5.74) is 6.63. The summed E-state index contributed by atoms with van der Waals surface area (Å²) >= 11 is 3.33. The molecule has 0 atom stereocenters. The van der Waals surface area contributed by atoms with E-state index in [9.17, 15) is 4.79 Å². The molecule has 0 spiro atoms. The number of hydrogen-bond donors (Lipinski definition) is 1. The van der Waals surface area contributed by atoms with Crippen molar-refractivity contribution in [1.82, 2.24) is 0 Å². The lowest BCUT2D eigenvalue weighted by Crippen LogP contribution is -2.38. The molecule has 2 aromatic carbocycles. The van der Waals surface area contributed by atoms with Crippen molar-refractivity contribution in [2.75, 3.05) is 5.73 Å². The van der Waals surface area contributed by atoms with Crippen LogP contribution in [0.1, 0.15) is 24.2 Å². The molecule has 114 valence electrons. The zero-order chi connectivity index (χ0) is 15.9. The van der Waals surface area contributed by atoms with Crippen LogP contribution in [0.15, 0.2) is 40.9 Å². The molecule has 22 heavy (non-hydrogen) atoms. The molecule has 1 aliphatic heterocycles. The van der Waals surface area contributed by atoms with Crippen LogP contribution >= 0.6 is 15.9 Å². The Morgan fingerprint density at radius 1 is 1.14 bits per heavy atom. The lowest BCUT2D eigenvalue weighted by atomic mass is 10.1. The van der Waals surface area contributed by atoms with Crippen LogP contribution in [0.4, 0.5) is 5.69 Å². The number of cyclic esters (lactones) is 1. The van der Waals surface area contributed by atoms with Crippen LogP contribution in [0.2, 0.25) is 0 Å². The van der Waals surface area contributed by atoms with E-state index in [0.717, 1.165) is 4.47 Å². The maximum absolute atomic E-state index is 12.2. The monoisotopic (exact) mass is 363 g/mol. The van der Waals surface area contributed by atoms with Gasteiger partial charge in [-0.1, -0.05) is 22.0 Å². The maximum atomic E-state index is 12.2. The third-order valence-corrected chi connectivity index (χ3v) is 3.57. The number of hydrogen-bond acceptors (Lipinski definition) is 5. The van der Waals surface area contributed by atoms with Gasteiger partial charge in [-0.2, -0.15) is 0 Å². The summed E-state index contributed by atoms with van der Waals surface area (Å²) < 4.78 is 17.5. The molecule has 0 bridgehead atoms. The fraction of sp³-hybridized carbons (Fsp3) is 0.188. The standard InChI is InChI=1S/C16H14BrNO4/c1-16(2)21-13-5-3-4-12(14(13)15(19)22-16)20-11-7-6-9(17)8-10(11)18/h3-8H,18H2,1-2H3. The molecule has 3 rings (SSSR count). The van der Waals surface area contributed by atoms with Gasteiger partial charge in [-0.15, -0.1) is 0 Å². The Morgan fingerprint density at radius 2 is 1.91 bits per heavy atom. The molecule has 0 unspecified atom stereocenters. The Balaban J connectivity index is 2.01. The minimum atomic E-state index is -1.00. The maximum Gasteiger partial charge on any atom is 0.349 e. The highest BCUT2D eigenvalue weighted by molar-refractivity contribution is 9.10. The van der Waals surface area contributed by atoms with Crippen molar-refractivity contribution < 1.29 is 19.0 Å². The minimum absolute atomic E-state index is 0.254. The normalized spacial score (nSPS) is 15.5. The Hall–Kier alpha value is -2.21. The molecule has 0 aromatic heterocycles. The Kier molecular flexibility index (Phi) is 3.48. The smallest absolute Gasteiger partial charge is 0.349 e. The van der Waals surface area contributed by atoms with E-state index >= 15 is 0 Å². The summed E-state index contributed by atoms with van der Waals surface area (Å²) in [7, 11) is 0. The third kappa shape index (κ3) is 2.74. The van der Waals surface area contributed by atoms with E-state index in [4.69, 9.17) is 19.9 Å². The third-order valence-electron chi connectivity index (χ3n) is 3.08. The molecule has 0 saturated carbocycles. The first kappa shape index (κ1) is 14.7. The zero-order valence-corrected chi connectivity index (χ0v) is 13.6. The first-order valence-corrected chi connectivity index (χ1v) is 7.43. The molecular formula is C16H14BrNO4. The van der Waals surface area contributed by atoms with Gasteiger partial charge < -0.3 is 19.9 Å². The summed E-state index contributed by atoms with van der Waals surface area (Å²) in [6, 6.07) is 10.4. The number of benzene rings is 2. The second-order valence-corrected chi connectivity index (χ2v) is 6.22. The fourth-order valence-electron chi connectivity index (χ4n) is 2.17. The number of halogens is 1. The van der Waals surface area contributed by atoms with E-state index in [-0.39, 0.29) is 5.56 Å². The average molecular weight is 364 g/mol. The van der Waals surface area contributed by atoms with E-state index in [1.54, 1.807) is 50.2 Å². The predicted octanol–water partition coefficient (Wildman–Crippen LogP) is 4.11. The largest absolute Gasteiger partial charge is 0.454 e. The molecule has 0 fully saturated rings. The number of nitrogens with two attached hydrogens (primary N) is 1. The van der Waals surface area contributed by atoms with E-state index in [1.165, 1.54) is 0 Å². The van der Waals surface area contributed by atoms with Gasteiger partial charge in [-0.3, -0.25) is 0 Å². The fourth-order valence-corrected chi connectivity index (χ4v) is 2.55. The lowest BCUT2D eigenvalue weighted by Gasteiger charge is -2.32. The van der Waals surface area contributed by atoms with Gasteiger partial charge in [-0.25, -0.2) is 4.79 Å². The zero-order valence-electron chi connectivity index (χ0n) is 12.1. The Morgan fingerprint density at radius 3 is 2.64 bits per heavy atom. The number of ether oxygens (including phenoxy) is 3. The average Bonchev–Trinajstić information content (AvgIpc) is 2.40. The first-order valence-electron chi connectivity index (χ1n) is 6.64. The van der Waals surface area contributed by atoms with E-state index in [1.807, 2.05) is 0 Å². The van der Waals surface area contributed by atoms with Crippen LogP contribution in [0, 0.1) is 0 Å². The molecule has 5 nitrogen and oxygen atoms in total. The van der Waals surface area contributed by atoms with Gasteiger partial charge in [0, 0.05) is 18.3 Å².